The maximum Gasteiger partial charge on any atom is 0.226 e. The molecule has 27 heavy (non-hydrogen) atoms. The van der Waals surface area contributed by atoms with E-state index in [-0.39, 0.29) is 0 Å². The Labute approximate surface area is 164 Å². The van der Waals surface area contributed by atoms with Crippen LogP contribution in [0.4, 0.5) is 5.69 Å². The Kier molecular flexibility index (Phi) is 5.32. The van der Waals surface area contributed by atoms with Crippen molar-refractivity contribution in [2.45, 2.75) is 6.54 Å². The molecule has 0 saturated carbocycles. The number of hydrogen-bond donors (Lipinski definition) is 0. The number of piperazine rings is 1. The first kappa shape index (κ1) is 17.9. The summed E-state index contributed by atoms with van der Waals surface area (Å²) in [6, 6.07) is 15.8. The van der Waals surface area contributed by atoms with Crippen molar-refractivity contribution < 1.29 is 9.15 Å². The largest absolute Gasteiger partial charge is 0.497 e. The molecule has 0 spiro atoms. The molecule has 0 amide bonds. The molecule has 0 radical (unpaired) electrons. The first-order chi connectivity index (χ1) is 13.2. The highest BCUT2D eigenvalue weighted by molar-refractivity contribution is 6.30. The lowest BCUT2D eigenvalue weighted by Gasteiger charge is -2.35. The minimum Gasteiger partial charge on any atom is -0.497 e. The highest BCUT2D eigenvalue weighted by atomic mass is 35.5. The van der Waals surface area contributed by atoms with Gasteiger partial charge in [-0.1, -0.05) is 11.6 Å². The smallest absolute Gasteiger partial charge is 0.226 e. The molecule has 4 rings (SSSR count). The van der Waals surface area contributed by atoms with Crippen molar-refractivity contribution in [3.8, 4) is 17.2 Å². The molecule has 1 saturated heterocycles. The second-order valence-electron chi connectivity index (χ2n) is 6.61. The molecule has 1 aliphatic heterocycles. The van der Waals surface area contributed by atoms with E-state index in [0.29, 0.717) is 5.89 Å². The molecule has 0 N–H and O–H groups in total. The number of nitrogens with zero attached hydrogens (tertiary/aromatic N) is 3. The Hall–Kier alpha value is -2.50. The number of benzene rings is 2. The predicted octanol–water partition coefficient (Wildman–Crippen LogP) is 4.33. The number of anilines is 1. The van der Waals surface area contributed by atoms with Gasteiger partial charge in [0.25, 0.3) is 0 Å². The molecule has 0 atom stereocenters. The van der Waals surface area contributed by atoms with Crippen LogP contribution in [0.15, 0.2) is 59.2 Å². The summed E-state index contributed by atoms with van der Waals surface area (Å²) in [6.45, 7) is 4.77. The van der Waals surface area contributed by atoms with E-state index in [0.717, 1.165) is 54.8 Å². The number of hydrogen-bond acceptors (Lipinski definition) is 5. The summed E-state index contributed by atoms with van der Waals surface area (Å²) < 4.78 is 10.9. The maximum absolute atomic E-state index is 5.98. The van der Waals surface area contributed by atoms with Crippen molar-refractivity contribution in [2.75, 3.05) is 38.2 Å². The van der Waals surface area contributed by atoms with Gasteiger partial charge in [-0.05, 0) is 48.5 Å². The lowest BCUT2D eigenvalue weighted by Crippen LogP contribution is -2.46. The highest BCUT2D eigenvalue weighted by Crippen LogP contribution is 2.23. The van der Waals surface area contributed by atoms with Gasteiger partial charge in [-0.3, -0.25) is 4.90 Å². The van der Waals surface area contributed by atoms with E-state index in [1.807, 2.05) is 36.4 Å². The average Bonchev–Trinajstić information content (AvgIpc) is 3.18. The standard InChI is InChI=1S/C21H22ClN3O2/c1-26-20-8-2-16(3-9-20)21-23-18(15-27-21)14-24-10-12-25(13-11-24)19-6-4-17(22)5-7-19/h2-9,15H,10-14H2,1H3. The molecule has 2 heterocycles. The van der Waals surface area contributed by atoms with Gasteiger partial charge in [-0.25, -0.2) is 4.98 Å². The van der Waals surface area contributed by atoms with E-state index in [1.54, 1.807) is 13.4 Å². The first-order valence-electron chi connectivity index (χ1n) is 9.03. The third-order valence-corrected chi connectivity index (χ3v) is 5.09. The summed E-state index contributed by atoms with van der Waals surface area (Å²) in [7, 11) is 1.66. The number of oxazole rings is 1. The second kappa shape index (κ2) is 8.03. The normalized spacial score (nSPS) is 15.1. The molecule has 0 unspecified atom stereocenters. The van der Waals surface area contributed by atoms with Crippen molar-refractivity contribution in [3.05, 3.63) is 65.5 Å². The third-order valence-electron chi connectivity index (χ3n) is 4.84. The van der Waals surface area contributed by atoms with E-state index >= 15 is 0 Å². The third kappa shape index (κ3) is 4.26. The fourth-order valence-corrected chi connectivity index (χ4v) is 3.42. The average molecular weight is 384 g/mol. The molecule has 2 aromatic carbocycles. The van der Waals surface area contributed by atoms with Crippen LogP contribution >= 0.6 is 11.6 Å². The van der Waals surface area contributed by atoms with Crippen LogP contribution in [0.25, 0.3) is 11.5 Å². The van der Waals surface area contributed by atoms with Gasteiger partial charge >= 0.3 is 0 Å². The topological polar surface area (TPSA) is 41.7 Å². The fraction of sp³-hybridized carbons (Fsp3) is 0.286. The molecule has 6 heteroatoms. The van der Waals surface area contributed by atoms with Gasteiger partial charge in [0.1, 0.15) is 12.0 Å². The number of halogens is 1. The molecule has 0 bridgehead atoms. The van der Waals surface area contributed by atoms with Gasteiger partial charge in [-0.15, -0.1) is 0 Å². The van der Waals surface area contributed by atoms with Crippen LogP contribution in [0.2, 0.25) is 5.02 Å². The van der Waals surface area contributed by atoms with Crippen molar-refractivity contribution in [1.29, 1.82) is 0 Å². The number of ether oxygens (including phenoxy) is 1. The van der Waals surface area contributed by atoms with Gasteiger partial charge < -0.3 is 14.1 Å². The highest BCUT2D eigenvalue weighted by Gasteiger charge is 2.18. The molecular weight excluding hydrogens is 362 g/mol. The zero-order valence-corrected chi connectivity index (χ0v) is 16.0. The lowest BCUT2D eigenvalue weighted by atomic mass is 10.2. The molecule has 1 fully saturated rings. The first-order valence-corrected chi connectivity index (χ1v) is 9.41. The van der Waals surface area contributed by atoms with Gasteiger partial charge in [0.15, 0.2) is 0 Å². The van der Waals surface area contributed by atoms with Crippen LogP contribution in [0.3, 0.4) is 0 Å². The van der Waals surface area contributed by atoms with Crippen molar-refractivity contribution in [1.82, 2.24) is 9.88 Å². The van der Waals surface area contributed by atoms with Crippen molar-refractivity contribution in [3.63, 3.8) is 0 Å². The quantitative estimate of drug-likeness (QED) is 0.656. The van der Waals surface area contributed by atoms with Crippen molar-refractivity contribution in [2.24, 2.45) is 0 Å². The monoisotopic (exact) mass is 383 g/mol. The Morgan fingerprint density at radius 2 is 1.70 bits per heavy atom. The molecular formula is C21H22ClN3O2. The summed E-state index contributed by atoms with van der Waals surface area (Å²) >= 11 is 5.98. The minimum absolute atomic E-state index is 0.646. The number of methoxy groups -OCH3 is 1. The van der Waals surface area contributed by atoms with Crippen LogP contribution in [0.1, 0.15) is 5.69 Å². The second-order valence-corrected chi connectivity index (χ2v) is 7.05. The van der Waals surface area contributed by atoms with E-state index in [1.165, 1.54) is 5.69 Å². The molecule has 5 nitrogen and oxygen atoms in total. The minimum atomic E-state index is 0.646. The Balaban J connectivity index is 1.34. The van der Waals surface area contributed by atoms with E-state index in [4.69, 9.17) is 20.8 Å². The van der Waals surface area contributed by atoms with Crippen molar-refractivity contribution >= 4 is 17.3 Å². The molecule has 1 aliphatic rings. The molecule has 3 aromatic rings. The SMILES string of the molecule is COc1ccc(-c2nc(CN3CCN(c4ccc(Cl)cc4)CC3)co2)cc1. The number of aromatic nitrogens is 1. The molecule has 0 aliphatic carbocycles. The van der Waals surface area contributed by atoms with Gasteiger partial charge in [0, 0.05) is 49.0 Å². The van der Waals surface area contributed by atoms with E-state index < -0.39 is 0 Å². The van der Waals surface area contributed by atoms with Crippen LogP contribution in [0.5, 0.6) is 5.75 Å². The van der Waals surface area contributed by atoms with Crippen LogP contribution in [-0.2, 0) is 6.54 Å². The zero-order chi connectivity index (χ0) is 18.6. The Morgan fingerprint density at radius 3 is 2.37 bits per heavy atom. The predicted molar refractivity (Wildman–Crippen MR) is 107 cm³/mol. The molecule has 140 valence electrons. The number of rotatable bonds is 5. The van der Waals surface area contributed by atoms with Crippen LogP contribution in [-0.4, -0.2) is 43.2 Å². The van der Waals surface area contributed by atoms with Gasteiger partial charge in [0.05, 0.1) is 12.8 Å². The summed E-state index contributed by atoms with van der Waals surface area (Å²) in [5, 5.41) is 0.774. The summed E-state index contributed by atoms with van der Waals surface area (Å²) in [4.78, 5) is 9.43. The Bertz CT molecular complexity index is 869. The molecule has 1 aromatic heterocycles. The van der Waals surface area contributed by atoms with Crippen LogP contribution in [0, 0.1) is 0 Å². The zero-order valence-electron chi connectivity index (χ0n) is 15.3. The van der Waals surface area contributed by atoms with Crippen LogP contribution < -0.4 is 9.64 Å². The van der Waals surface area contributed by atoms with Gasteiger partial charge in [0.2, 0.25) is 5.89 Å². The van der Waals surface area contributed by atoms with E-state index in [2.05, 4.69) is 26.9 Å². The maximum atomic E-state index is 5.98. The lowest BCUT2D eigenvalue weighted by molar-refractivity contribution is 0.247. The summed E-state index contributed by atoms with van der Waals surface area (Å²) in [6.07, 6.45) is 1.76. The fourth-order valence-electron chi connectivity index (χ4n) is 3.29. The summed E-state index contributed by atoms with van der Waals surface area (Å²) in [5.74, 6) is 1.47. The summed E-state index contributed by atoms with van der Waals surface area (Å²) in [5.41, 5.74) is 3.14. The Morgan fingerprint density at radius 1 is 1.00 bits per heavy atom. The van der Waals surface area contributed by atoms with E-state index in [9.17, 15) is 0 Å². The van der Waals surface area contributed by atoms with Gasteiger partial charge in [-0.2, -0.15) is 0 Å².